The summed E-state index contributed by atoms with van der Waals surface area (Å²) in [5.74, 6) is -1.04. The zero-order valence-corrected chi connectivity index (χ0v) is 9.22. The van der Waals surface area contributed by atoms with Crippen molar-refractivity contribution in [2.45, 2.75) is 44.2 Å². The summed E-state index contributed by atoms with van der Waals surface area (Å²) in [5, 5.41) is 9.00. The molecule has 2 aliphatic rings. The van der Waals surface area contributed by atoms with Crippen LogP contribution in [-0.2, 0) is 14.3 Å². The molecule has 0 spiro atoms. The van der Waals surface area contributed by atoms with Crippen LogP contribution in [0.4, 0.5) is 0 Å². The van der Waals surface area contributed by atoms with Gasteiger partial charge in [0, 0.05) is 13.2 Å². The molecular weight excluding hydrogens is 210 g/mol. The lowest BCUT2D eigenvalue weighted by atomic mass is 10.1. The molecule has 0 aliphatic carbocycles. The maximum Gasteiger partial charge on any atom is 0.326 e. The fraction of sp³-hybridized carbons (Fsp3) is 0.818. The van der Waals surface area contributed by atoms with Gasteiger partial charge in [-0.25, -0.2) is 4.79 Å². The van der Waals surface area contributed by atoms with Gasteiger partial charge in [0.05, 0.1) is 0 Å². The van der Waals surface area contributed by atoms with Gasteiger partial charge in [0.15, 0.2) is 0 Å². The van der Waals surface area contributed by atoms with Crippen molar-refractivity contribution in [2.75, 3.05) is 13.2 Å². The van der Waals surface area contributed by atoms with Crippen molar-refractivity contribution >= 4 is 11.9 Å². The molecule has 1 amide bonds. The summed E-state index contributed by atoms with van der Waals surface area (Å²) >= 11 is 0. The molecule has 0 aromatic heterocycles. The van der Waals surface area contributed by atoms with Gasteiger partial charge in [0.1, 0.15) is 12.1 Å². The summed E-state index contributed by atoms with van der Waals surface area (Å²) in [7, 11) is 0. The van der Waals surface area contributed by atoms with E-state index in [4.69, 9.17) is 9.84 Å². The molecule has 0 aromatic carbocycles. The minimum absolute atomic E-state index is 0.135. The van der Waals surface area contributed by atoms with Crippen LogP contribution in [0.2, 0.25) is 0 Å². The van der Waals surface area contributed by atoms with Crippen LogP contribution in [0.5, 0.6) is 0 Å². The van der Waals surface area contributed by atoms with Crippen LogP contribution in [0.15, 0.2) is 0 Å². The van der Waals surface area contributed by atoms with Crippen LogP contribution >= 0.6 is 0 Å². The third-order valence-corrected chi connectivity index (χ3v) is 3.28. The summed E-state index contributed by atoms with van der Waals surface area (Å²) < 4.78 is 5.40. The highest BCUT2D eigenvalue weighted by atomic mass is 16.5. The van der Waals surface area contributed by atoms with Crippen molar-refractivity contribution in [3.05, 3.63) is 0 Å². The summed E-state index contributed by atoms with van der Waals surface area (Å²) in [5.41, 5.74) is 0. The van der Waals surface area contributed by atoms with Gasteiger partial charge in [-0.15, -0.1) is 0 Å². The third kappa shape index (κ3) is 2.19. The summed E-state index contributed by atoms with van der Waals surface area (Å²) in [6.45, 7) is 1.16. The fourth-order valence-corrected chi connectivity index (χ4v) is 2.41. The molecule has 1 N–H and O–H groups in total. The maximum absolute atomic E-state index is 12.1. The van der Waals surface area contributed by atoms with Crippen LogP contribution in [0, 0.1) is 0 Å². The highest BCUT2D eigenvalue weighted by Gasteiger charge is 2.37. The van der Waals surface area contributed by atoms with E-state index in [0.29, 0.717) is 19.6 Å². The lowest BCUT2D eigenvalue weighted by molar-refractivity contribution is -0.155. The topological polar surface area (TPSA) is 66.8 Å². The largest absolute Gasteiger partial charge is 0.480 e. The van der Waals surface area contributed by atoms with Gasteiger partial charge in [-0.1, -0.05) is 0 Å². The molecule has 0 bridgehead atoms. The Morgan fingerprint density at radius 1 is 1.19 bits per heavy atom. The van der Waals surface area contributed by atoms with Gasteiger partial charge in [-0.3, -0.25) is 4.79 Å². The number of hydrogen-bond acceptors (Lipinski definition) is 3. The van der Waals surface area contributed by atoms with Crippen molar-refractivity contribution in [3.63, 3.8) is 0 Å². The zero-order chi connectivity index (χ0) is 11.5. The molecule has 2 rings (SSSR count). The Kier molecular flexibility index (Phi) is 3.43. The molecule has 0 saturated carbocycles. The van der Waals surface area contributed by atoms with Crippen LogP contribution < -0.4 is 0 Å². The molecule has 5 nitrogen and oxygen atoms in total. The average molecular weight is 227 g/mol. The van der Waals surface area contributed by atoms with E-state index in [9.17, 15) is 9.59 Å². The van der Waals surface area contributed by atoms with Crippen LogP contribution in [0.1, 0.15) is 32.1 Å². The van der Waals surface area contributed by atoms with E-state index < -0.39 is 18.1 Å². The molecule has 2 atom stereocenters. The van der Waals surface area contributed by atoms with E-state index in [1.54, 1.807) is 0 Å². The first kappa shape index (κ1) is 11.4. The number of carbonyl (C=O) groups excluding carboxylic acids is 1. The zero-order valence-electron chi connectivity index (χ0n) is 9.22. The second-order valence-corrected chi connectivity index (χ2v) is 4.38. The number of nitrogens with zero attached hydrogens (tertiary/aromatic N) is 1. The summed E-state index contributed by atoms with van der Waals surface area (Å²) in [4.78, 5) is 24.5. The van der Waals surface area contributed by atoms with Crippen molar-refractivity contribution in [1.82, 2.24) is 4.90 Å². The van der Waals surface area contributed by atoms with Crippen LogP contribution in [0.25, 0.3) is 0 Å². The van der Waals surface area contributed by atoms with Crippen molar-refractivity contribution in [2.24, 2.45) is 0 Å². The van der Waals surface area contributed by atoms with Gasteiger partial charge in [0.2, 0.25) is 0 Å². The number of hydrogen-bond donors (Lipinski definition) is 1. The Morgan fingerprint density at radius 2 is 2.00 bits per heavy atom. The number of rotatable bonds is 2. The smallest absolute Gasteiger partial charge is 0.326 e. The van der Waals surface area contributed by atoms with E-state index in [1.807, 2.05) is 0 Å². The second kappa shape index (κ2) is 4.82. The van der Waals surface area contributed by atoms with Gasteiger partial charge in [-0.05, 0) is 32.1 Å². The molecule has 2 heterocycles. The minimum Gasteiger partial charge on any atom is -0.480 e. The number of carboxylic acid groups (broad SMARTS) is 1. The van der Waals surface area contributed by atoms with Crippen molar-refractivity contribution in [3.8, 4) is 0 Å². The Hall–Kier alpha value is -1.10. The molecule has 0 aromatic rings. The van der Waals surface area contributed by atoms with Gasteiger partial charge in [0.25, 0.3) is 5.91 Å². The fourth-order valence-electron chi connectivity index (χ4n) is 2.41. The number of amides is 1. The third-order valence-electron chi connectivity index (χ3n) is 3.28. The van der Waals surface area contributed by atoms with Crippen LogP contribution in [-0.4, -0.2) is 47.2 Å². The first-order valence-corrected chi connectivity index (χ1v) is 5.85. The van der Waals surface area contributed by atoms with E-state index >= 15 is 0 Å². The Bertz CT molecular complexity index is 286. The second-order valence-electron chi connectivity index (χ2n) is 4.38. The predicted octanol–water partition coefficient (Wildman–Crippen LogP) is 0.631. The number of likely N-dealkylation sites (tertiary alicyclic amines) is 1. The predicted molar refractivity (Wildman–Crippen MR) is 56.0 cm³/mol. The average Bonchev–Trinajstić information content (AvgIpc) is 2.78. The first-order valence-electron chi connectivity index (χ1n) is 5.85. The molecule has 90 valence electrons. The van der Waals surface area contributed by atoms with E-state index in [1.165, 1.54) is 4.90 Å². The highest BCUT2D eigenvalue weighted by Crippen LogP contribution is 2.22. The lowest BCUT2D eigenvalue weighted by Crippen LogP contribution is -2.47. The quantitative estimate of drug-likeness (QED) is 0.751. The van der Waals surface area contributed by atoms with E-state index in [2.05, 4.69) is 0 Å². The number of carbonyl (C=O) groups is 2. The van der Waals surface area contributed by atoms with Crippen LogP contribution in [0.3, 0.4) is 0 Å². The number of ether oxygens (including phenoxy) is 1. The normalized spacial score (nSPS) is 30.4. The Balaban J connectivity index is 1.99. The van der Waals surface area contributed by atoms with Crippen molar-refractivity contribution < 1.29 is 19.4 Å². The van der Waals surface area contributed by atoms with Gasteiger partial charge < -0.3 is 14.7 Å². The van der Waals surface area contributed by atoms with Gasteiger partial charge >= 0.3 is 5.97 Å². The number of aliphatic carboxylic acids is 1. The first-order chi connectivity index (χ1) is 7.70. The molecule has 2 fully saturated rings. The standard InChI is InChI=1S/C11H17NO4/c13-10(9-5-1-2-7-16-9)12-6-3-4-8(12)11(14)15/h8-9H,1-7H2,(H,14,15)/t8-,9?/m1/s1. The lowest BCUT2D eigenvalue weighted by Gasteiger charge is -2.28. The molecular formula is C11H17NO4. The molecule has 16 heavy (non-hydrogen) atoms. The molecule has 2 saturated heterocycles. The number of carboxylic acids is 1. The molecule has 1 unspecified atom stereocenters. The highest BCUT2D eigenvalue weighted by molar-refractivity contribution is 5.87. The van der Waals surface area contributed by atoms with E-state index in [-0.39, 0.29) is 5.91 Å². The molecule has 5 heteroatoms. The SMILES string of the molecule is O=C(O)[C@H]1CCCN1C(=O)C1CCCCO1. The molecule has 2 aliphatic heterocycles. The minimum atomic E-state index is -0.901. The monoisotopic (exact) mass is 227 g/mol. The Labute approximate surface area is 94.4 Å². The maximum atomic E-state index is 12.1. The summed E-state index contributed by atoms with van der Waals surface area (Å²) in [6, 6.07) is -0.641. The van der Waals surface area contributed by atoms with E-state index in [0.717, 1.165) is 25.7 Å². The summed E-state index contributed by atoms with van der Waals surface area (Å²) in [6.07, 6.45) is 3.63. The van der Waals surface area contributed by atoms with Crippen molar-refractivity contribution in [1.29, 1.82) is 0 Å². The van der Waals surface area contributed by atoms with Gasteiger partial charge in [-0.2, -0.15) is 0 Å². The molecule has 0 radical (unpaired) electrons. The Morgan fingerprint density at radius 3 is 2.62 bits per heavy atom.